The minimum Gasteiger partial charge on any atom is -0.481 e. The van der Waals surface area contributed by atoms with Gasteiger partial charge in [-0.05, 0) is 30.5 Å². The van der Waals surface area contributed by atoms with Crippen molar-refractivity contribution in [1.82, 2.24) is 0 Å². The number of aliphatic carboxylic acids is 1. The molecule has 0 aromatic heterocycles. The molecule has 1 aromatic carbocycles. The number of carboxylic acid groups (broad SMARTS) is 1. The van der Waals surface area contributed by atoms with Crippen molar-refractivity contribution in [2.45, 2.75) is 42.2 Å². The van der Waals surface area contributed by atoms with Gasteiger partial charge in [0.1, 0.15) is 0 Å². The lowest BCUT2D eigenvalue weighted by Crippen LogP contribution is -2.00. The predicted molar refractivity (Wildman–Crippen MR) is 65.9 cm³/mol. The maximum absolute atomic E-state index is 10.6. The highest BCUT2D eigenvalue weighted by molar-refractivity contribution is 8.00. The first-order chi connectivity index (χ1) is 7.74. The summed E-state index contributed by atoms with van der Waals surface area (Å²) >= 11 is 1.90. The molecule has 1 aliphatic rings. The van der Waals surface area contributed by atoms with Gasteiger partial charge in [-0.2, -0.15) is 0 Å². The Labute approximate surface area is 100 Å². The van der Waals surface area contributed by atoms with Crippen LogP contribution >= 0.6 is 11.8 Å². The fourth-order valence-corrected chi connectivity index (χ4v) is 3.43. The Morgan fingerprint density at radius 3 is 2.81 bits per heavy atom. The third-order valence-electron chi connectivity index (χ3n) is 2.86. The van der Waals surface area contributed by atoms with Crippen LogP contribution in [0.15, 0.2) is 29.2 Å². The van der Waals surface area contributed by atoms with Crippen molar-refractivity contribution in [3.8, 4) is 0 Å². The van der Waals surface area contributed by atoms with E-state index in [2.05, 4.69) is 6.07 Å². The molecule has 0 saturated heterocycles. The molecule has 0 unspecified atom stereocenters. The van der Waals surface area contributed by atoms with Crippen molar-refractivity contribution in [1.29, 1.82) is 0 Å². The molecular weight excluding hydrogens is 220 g/mol. The summed E-state index contributed by atoms with van der Waals surface area (Å²) in [5.74, 6) is -0.761. The molecular formula is C13H16O2S. The summed E-state index contributed by atoms with van der Waals surface area (Å²) in [6.45, 7) is 0. The van der Waals surface area contributed by atoms with Crippen molar-refractivity contribution in [2.24, 2.45) is 0 Å². The third kappa shape index (κ3) is 3.27. The van der Waals surface area contributed by atoms with Gasteiger partial charge >= 0.3 is 5.97 Å². The molecule has 1 aliphatic carbocycles. The van der Waals surface area contributed by atoms with Crippen molar-refractivity contribution < 1.29 is 9.90 Å². The monoisotopic (exact) mass is 236 g/mol. The van der Waals surface area contributed by atoms with Crippen LogP contribution in [-0.2, 0) is 11.2 Å². The van der Waals surface area contributed by atoms with E-state index in [0.717, 1.165) is 10.8 Å². The van der Waals surface area contributed by atoms with Gasteiger partial charge in [0.2, 0.25) is 0 Å². The number of benzene rings is 1. The number of carbonyl (C=O) groups is 1. The lowest BCUT2D eigenvalue weighted by molar-refractivity contribution is -0.136. The Bertz CT molecular complexity index is 370. The number of hydrogen-bond acceptors (Lipinski definition) is 2. The summed E-state index contributed by atoms with van der Waals surface area (Å²) in [6.07, 6.45) is 5.40. The smallest absolute Gasteiger partial charge is 0.307 e. The van der Waals surface area contributed by atoms with E-state index < -0.39 is 5.97 Å². The molecule has 0 spiro atoms. The highest BCUT2D eigenvalue weighted by Gasteiger charge is 2.16. The fourth-order valence-electron chi connectivity index (χ4n) is 2.10. The van der Waals surface area contributed by atoms with Crippen LogP contribution in [0.3, 0.4) is 0 Å². The molecule has 1 aromatic rings. The van der Waals surface area contributed by atoms with Gasteiger partial charge in [-0.1, -0.05) is 25.0 Å². The van der Waals surface area contributed by atoms with E-state index in [9.17, 15) is 4.79 Å². The Balaban J connectivity index is 2.00. The fraction of sp³-hybridized carbons (Fsp3) is 0.462. The van der Waals surface area contributed by atoms with Crippen molar-refractivity contribution >= 4 is 17.7 Å². The van der Waals surface area contributed by atoms with E-state index in [1.54, 1.807) is 0 Å². The van der Waals surface area contributed by atoms with Crippen molar-refractivity contribution in [3.05, 3.63) is 29.8 Å². The topological polar surface area (TPSA) is 37.3 Å². The first kappa shape index (κ1) is 11.5. The van der Waals surface area contributed by atoms with E-state index in [0.29, 0.717) is 0 Å². The van der Waals surface area contributed by atoms with E-state index in [4.69, 9.17) is 5.11 Å². The molecule has 0 heterocycles. The zero-order chi connectivity index (χ0) is 11.4. The van der Waals surface area contributed by atoms with Gasteiger partial charge in [-0.3, -0.25) is 4.79 Å². The molecule has 86 valence electrons. The van der Waals surface area contributed by atoms with E-state index in [1.807, 2.05) is 30.0 Å². The largest absolute Gasteiger partial charge is 0.481 e. The Morgan fingerprint density at radius 2 is 2.12 bits per heavy atom. The number of carboxylic acids is 1. The highest BCUT2D eigenvalue weighted by atomic mass is 32.2. The summed E-state index contributed by atoms with van der Waals surface area (Å²) in [4.78, 5) is 11.8. The molecule has 0 amide bonds. The first-order valence-corrected chi connectivity index (χ1v) is 6.59. The number of hydrogen-bond donors (Lipinski definition) is 1. The van der Waals surface area contributed by atoms with Crippen LogP contribution in [0.1, 0.15) is 31.2 Å². The number of thioether (sulfide) groups is 1. The van der Waals surface area contributed by atoms with Gasteiger partial charge < -0.3 is 5.11 Å². The molecule has 1 fully saturated rings. The lowest BCUT2D eigenvalue weighted by atomic mass is 10.2. The van der Waals surface area contributed by atoms with Crippen LogP contribution in [0, 0.1) is 0 Å². The molecule has 2 nitrogen and oxygen atoms in total. The maximum Gasteiger partial charge on any atom is 0.307 e. The van der Waals surface area contributed by atoms with Crippen LogP contribution < -0.4 is 0 Å². The third-order valence-corrected chi connectivity index (χ3v) is 4.19. The minimum atomic E-state index is -0.761. The van der Waals surface area contributed by atoms with Gasteiger partial charge in [0.05, 0.1) is 6.42 Å². The van der Waals surface area contributed by atoms with E-state index >= 15 is 0 Å². The second-order valence-corrected chi connectivity index (χ2v) is 5.62. The Morgan fingerprint density at radius 1 is 1.38 bits per heavy atom. The molecule has 3 heteroatoms. The van der Waals surface area contributed by atoms with Crippen LogP contribution in [0.2, 0.25) is 0 Å². The van der Waals surface area contributed by atoms with Crippen molar-refractivity contribution in [2.75, 3.05) is 0 Å². The van der Waals surface area contributed by atoms with Crippen LogP contribution in [0.5, 0.6) is 0 Å². The SMILES string of the molecule is O=C(O)Cc1cccc(SC2CCCC2)c1. The molecule has 0 bridgehead atoms. The van der Waals surface area contributed by atoms with Gasteiger partial charge in [0.15, 0.2) is 0 Å². The van der Waals surface area contributed by atoms with Gasteiger partial charge in [0, 0.05) is 10.1 Å². The zero-order valence-electron chi connectivity index (χ0n) is 9.19. The predicted octanol–water partition coefficient (Wildman–Crippen LogP) is 3.35. The van der Waals surface area contributed by atoms with Gasteiger partial charge in [0.25, 0.3) is 0 Å². The van der Waals surface area contributed by atoms with Crippen LogP contribution in [0.25, 0.3) is 0 Å². The lowest BCUT2D eigenvalue weighted by Gasteiger charge is -2.09. The quantitative estimate of drug-likeness (QED) is 0.871. The summed E-state index contributed by atoms with van der Waals surface area (Å²) in [5, 5.41) is 9.47. The maximum atomic E-state index is 10.6. The molecule has 2 rings (SSSR count). The van der Waals surface area contributed by atoms with Crippen LogP contribution in [0.4, 0.5) is 0 Å². The molecule has 0 atom stereocenters. The molecule has 0 radical (unpaired) electrons. The van der Waals surface area contributed by atoms with E-state index in [-0.39, 0.29) is 6.42 Å². The standard InChI is InChI=1S/C13H16O2S/c14-13(15)9-10-4-3-7-12(8-10)16-11-5-1-2-6-11/h3-4,7-8,11H,1-2,5-6,9H2,(H,14,15). The number of rotatable bonds is 4. The second-order valence-electron chi connectivity index (χ2n) is 4.24. The molecule has 1 N–H and O–H groups in total. The molecule has 0 aliphatic heterocycles. The molecule has 1 saturated carbocycles. The normalized spacial score (nSPS) is 16.5. The zero-order valence-corrected chi connectivity index (χ0v) is 10.0. The summed E-state index contributed by atoms with van der Waals surface area (Å²) < 4.78 is 0. The Hall–Kier alpha value is -0.960. The second kappa shape index (κ2) is 5.39. The summed E-state index contributed by atoms with van der Waals surface area (Å²) in [5.41, 5.74) is 0.899. The van der Waals surface area contributed by atoms with Gasteiger partial charge in [-0.25, -0.2) is 0 Å². The van der Waals surface area contributed by atoms with E-state index in [1.165, 1.54) is 30.6 Å². The average Bonchev–Trinajstić information content (AvgIpc) is 2.70. The highest BCUT2D eigenvalue weighted by Crippen LogP contribution is 2.34. The van der Waals surface area contributed by atoms with Crippen molar-refractivity contribution in [3.63, 3.8) is 0 Å². The summed E-state index contributed by atoms with van der Waals surface area (Å²) in [7, 11) is 0. The van der Waals surface area contributed by atoms with Gasteiger partial charge in [-0.15, -0.1) is 11.8 Å². The Kier molecular flexibility index (Phi) is 3.88. The first-order valence-electron chi connectivity index (χ1n) is 5.71. The molecule has 16 heavy (non-hydrogen) atoms. The summed E-state index contributed by atoms with van der Waals surface area (Å²) in [6, 6.07) is 7.92. The van der Waals surface area contributed by atoms with Crippen LogP contribution in [-0.4, -0.2) is 16.3 Å². The average molecular weight is 236 g/mol. The minimum absolute atomic E-state index is 0.124.